The van der Waals surface area contributed by atoms with Crippen LogP contribution in [0.3, 0.4) is 0 Å². The molecule has 264 valence electrons. The molecule has 1 aliphatic carbocycles. The van der Waals surface area contributed by atoms with Crippen molar-refractivity contribution in [2.45, 2.75) is 58.3 Å². The Hall–Kier alpha value is -6.36. The van der Waals surface area contributed by atoms with Crippen molar-refractivity contribution in [1.82, 2.24) is 0 Å². The number of nitriles is 4. The summed E-state index contributed by atoms with van der Waals surface area (Å²) in [4.78, 5) is 30.1. The van der Waals surface area contributed by atoms with Gasteiger partial charge in [-0.15, -0.1) is 0 Å². The Morgan fingerprint density at radius 2 is 1.40 bits per heavy atom. The van der Waals surface area contributed by atoms with Crippen molar-refractivity contribution in [2.24, 2.45) is 0 Å². The molecule has 4 rings (SSSR count). The molecule has 0 aromatic heterocycles. The fourth-order valence-corrected chi connectivity index (χ4v) is 6.12. The molecule has 1 aliphatic rings. The third-order valence-electron chi connectivity index (χ3n) is 9.19. The van der Waals surface area contributed by atoms with E-state index in [1.54, 1.807) is 0 Å². The van der Waals surface area contributed by atoms with Crippen LogP contribution < -0.4 is 20.2 Å². The zero-order chi connectivity index (χ0) is 37.6. The van der Waals surface area contributed by atoms with Gasteiger partial charge in [-0.25, -0.2) is 0 Å². The summed E-state index contributed by atoms with van der Waals surface area (Å²) < 4.78 is 5.44. The van der Waals surface area contributed by atoms with Gasteiger partial charge in [-0.1, -0.05) is 63.1 Å². The van der Waals surface area contributed by atoms with Gasteiger partial charge >= 0.3 is 5.97 Å². The van der Waals surface area contributed by atoms with E-state index in [0.29, 0.717) is 39.2 Å². The fourth-order valence-electron chi connectivity index (χ4n) is 6.12. The number of hydrogen-bond acceptors (Lipinski definition) is 10. The number of aliphatic hydroxyl groups excluding tert-OH is 1. The van der Waals surface area contributed by atoms with E-state index in [9.17, 15) is 35.7 Å². The number of benzene rings is 3. The van der Waals surface area contributed by atoms with Crippen molar-refractivity contribution in [3.05, 3.63) is 99.6 Å². The topological polar surface area (TPSA) is 165 Å². The van der Waals surface area contributed by atoms with Gasteiger partial charge in [-0.05, 0) is 66.3 Å². The molecule has 0 aliphatic heterocycles. The number of aliphatic hydroxyl groups is 1. The molecule has 0 amide bonds. The van der Waals surface area contributed by atoms with Crippen LogP contribution in [0.25, 0.3) is 16.7 Å². The van der Waals surface area contributed by atoms with Crippen molar-refractivity contribution in [3.63, 3.8) is 0 Å². The largest absolute Gasteiger partial charge is 0.510 e. The van der Waals surface area contributed by atoms with Crippen LogP contribution in [0.4, 0.5) is 11.4 Å². The molecule has 1 N–H and O–H groups in total. The van der Waals surface area contributed by atoms with Crippen LogP contribution in [0, 0.1) is 45.3 Å². The minimum absolute atomic E-state index is 0.0393. The lowest BCUT2D eigenvalue weighted by atomic mass is 9.75. The molecule has 3 aromatic rings. The van der Waals surface area contributed by atoms with Crippen molar-refractivity contribution >= 4 is 39.8 Å². The van der Waals surface area contributed by atoms with E-state index < -0.39 is 11.9 Å². The molecule has 52 heavy (non-hydrogen) atoms. The molecule has 0 saturated carbocycles. The second kappa shape index (κ2) is 18.6. The second-order valence-corrected chi connectivity index (χ2v) is 12.6. The number of nitrogens with zero attached hydrogens (tertiary/aromatic N) is 6. The summed E-state index contributed by atoms with van der Waals surface area (Å²) in [5.41, 5.74) is 3.95. The Kier molecular flexibility index (Phi) is 13.7. The summed E-state index contributed by atoms with van der Waals surface area (Å²) in [6, 6.07) is 27.1. The molecule has 1 atom stereocenters. The van der Waals surface area contributed by atoms with Crippen molar-refractivity contribution in [2.75, 3.05) is 43.1 Å². The number of likely N-dealkylation sites (N-methyl/N-ethyl adjacent to an activating group) is 1. The highest BCUT2D eigenvalue weighted by Gasteiger charge is 2.41. The second-order valence-electron chi connectivity index (χ2n) is 12.6. The number of ketones is 1. The maximum absolute atomic E-state index is 13.3. The van der Waals surface area contributed by atoms with Crippen molar-refractivity contribution < 1.29 is 19.4 Å². The maximum atomic E-state index is 13.3. The molecule has 3 aromatic carbocycles. The van der Waals surface area contributed by atoms with Crippen LogP contribution in [0.1, 0.15) is 68.6 Å². The Bertz CT molecular complexity index is 2070. The summed E-state index contributed by atoms with van der Waals surface area (Å²) in [6.07, 6.45) is 4.58. The lowest BCUT2D eigenvalue weighted by molar-refractivity contribution is -0.143. The normalized spacial score (nSPS) is 13.1. The Labute approximate surface area is 305 Å². The Balaban J connectivity index is 1.34. The van der Waals surface area contributed by atoms with Gasteiger partial charge in [-0.3, -0.25) is 9.59 Å². The summed E-state index contributed by atoms with van der Waals surface area (Å²) >= 11 is 0. The van der Waals surface area contributed by atoms with E-state index in [-0.39, 0.29) is 42.1 Å². The van der Waals surface area contributed by atoms with Crippen LogP contribution >= 0.6 is 0 Å². The van der Waals surface area contributed by atoms with Crippen LogP contribution in [0.5, 0.6) is 0 Å². The van der Waals surface area contributed by atoms with E-state index in [1.807, 2.05) is 84.8 Å². The number of carbonyl (C=O) groups excluding carboxylic acids is 2. The number of rotatable bonds is 16. The highest BCUT2D eigenvalue weighted by atomic mass is 16.5. The van der Waals surface area contributed by atoms with Gasteiger partial charge in [0, 0.05) is 48.4 Å². The predicted molar refractivity (Wildman–Crippen MR) is 200 cm³/mol. The van der Waals surface area contributed by atoms with E-state index in [1.165, 1.54) is 18.2 Å². The molecular weight excluding hydrogens is 652 g/mol. The van der Waals surface area contributed by atoms with Crippen LogP contribution in [-0.2, 0) is 20.7 Å². The molecule has 0 heterocycles. The number of Topliss-reactive ketones (excluding diaryl/α,β-unsaturated/α-hetero) is 1. The van der Waals surface area contributed by atoms with Crippen molar-refractivity contribution in [3.8, 4) is 24.3 Å². The van der Waals surface area contributed by atoms with Crippen LogP contribution in [0.15, 0.2) is 72.5 Å². The number of carbonyl (C=O) groups is 2. The minimum Gasteiger partial charge on any atom is -0.510 e. The maximum Gasteiger partial charge on any atom is 0.306 e. The van der Waals surface area contributed by atoms with E-state index in [0.717, 1.165) is 50.1 Å². The summed E-state index contributed by atoms with van der Waals surface area (Å²) in [6.45, 7) is 6.83. The lowest BCUT2D eigenvalue weighted by Gasteiger charge is -2.29. The van der Waals surface area contributed by atoms with Crippen molar-refractivity contribution in [1.29, 1.82) is 21.0 Å². The molecule has 0 spiro atoms. The average Bonchev–Trinajstić information content (AvgIpc) is 3.16. The first-order valence-electron chi connectivity index (χ1n) is 17.5. The van der Waals surface area contributed by atoms with Crippen LogP contribution in [-0.4, -0.2) is 50.1 Å². The van der Waals surface area contributed by atoms with E-state index >= 15 is 0 Å². The minimum atomic E-state index is -0.707. The standard InChI is InChI=1S/C42H42N6O4/c1-4-6-20-48(21-7-5-2)36-16-10-30(11-17-36)40-41(50)39(42(40)51)29-8-14-35(15-9-29)47(3)22-23-52-38(49)19-13-32-24-31(33(25-43)26-44)12-18-37(32)34(27-45)28-46/h8-12,14-18,24,39,50H,4-7,13,19-23H2,1-3H3. The molecule has 0 bridgehead atoms. The number of allylic oxidation sites excluding steroid dienone is 2. The lowest BCUT2D eigenvalue weighted by Crippen LogP contribution is -2.29. The van der Waals surface area contributed by atoms with E-state index in [4.69, 9.17) is 4.74 Å². The van der Waals surface area contributed by atoms with Gasteiger partial charge in [0.05, 0.1) is 12.1 Å². The zero-order valence-electron chi connectivity index (χ0n) is 29.9. The first kappa shape index (κ1) is 38.4. The number of anilines is 2. The van der Waals surface area contributed by atoms with Gasteiger partial charge in [0.2, 0.25) is 0 Å². The monoisotopic (exact) mass is 694 g/mol. The smallest absolute Gasteiger partial charge is 0.306 e. The number of unbranched alkanes of at least 4 members (excludes halogenated alkanes) is 2. The summed E-state index contributed by atoms with van der Waals surface area (Å²) in [7, 11) is 1.85. The van der Waals surface area contributed by atoms with Gasteiger partial charge in [0.15, 0.2) is 5.78 Å². The summed E-state index contributed by atoms with van der Waals surface area (Å²) in [5, 5.41) is 48.9. The SMILES string of the molecule is CCCCN(CCCC)c1ccc(C2=C(O)C(c3ccc(N(C)CCOC(=O)CCc4cc(=C(C#N)C#N)ccc4=C(C#N)C#N)cc3)C2=O)cc1. The molecule has 0 saturated heterocycles. The fraction of sp³-hybridized carbons (Fsp3) is 0.333. The average molecular weight is 695 g/mol. The number of ether oxygens (including phenoxy) is 1. The highest BCUT2D eigenvalue weighted by Crippen LogP contribution is 2.43. The molecule has 0 fully saturated rings. The van der Waals surface area contributed by atoms with Crippen LogP contribution in [0.2, 0.25) is 0 Å². The van der Waals surface area contributed by atoms with Gasteiger partial charge in [0.25, 0.3) is 0 Å². The quantitative estimate of drug-likeness (QED) is 0.183. The molecule has 1 unspecified atom stereocenters. The Morgan fingerprint density at radius 3 is 1.96 bits per heavy atom. The summed E-state index contributed by atoms with van der Waals surface area (Å²) in [5.74, 6) is -1.24. The van der Waals surface area contributed by atoms with E-state index in [2.05, 4.69) is 18.7 Å². The molecule has 0 radical (unpaired) electrons. The first-order valence-corrected chi connectivity index (χ1v) is 17.5. The van der Waals surface area contributed by atoms with Gasteiger partial charge in [0.1, 0.15) is 53.7 Å². The molecule has 10 nitrogen and oxygen atoms in total. The predicted octanol–water partition coefficient (Wildman–Crippen LogP) is 5.74. The third-order valence-corrected chi connectivity index (χ3v) is 9.19. The molecular formula is C42H42N6O4. The number of esters is 1. The Morgan fingerprint density at radius 1 is 0.808 bits per heavy atom. The van der Waals surface area contributed by atoms with Gasteiger partial charge < -0.3 is 19.6 Å². The number of hydrogen-bond donors (Lipinski definition) is 1. The van der Waals surface area contributed by atoms with Gasteiger partial charge in [-0.2, -0.15) is 21.0 Å². The highest BCUT2D eigenvalue weighted by molar-refractivity contribution is 6.31. The molecule has 10 heteroatoms. The third kappa shape index (κ3) is 9.05. The number of aryl methyl sites for hydroxylation is 1. The zero-order valence-corrected chi connectivity index (χ0v) is 29.9. The first-order chi connectivity index (χ1) is 25.2.